The first-order valence-corrected chi connectivity index (χ1v) is 7.65. The summed E-state index contributed by atoms with van der Waals surface area (Å²) in [5.41, 5.74) is -0.420. The summed E-state index contributed by atoms with van der Waals surface area (Å²) >= 11 is 0. The molecule has 108 valence electrons. The van der Waals surface area contributed by atoms with Crippen LogP contribution >= 0.6 is 0 Å². The van der Waals surface area contributed by atoms with Gasteiger partial charge in [0.25, 0.3) is 0 Å². The Morgan fingerprint density at radius 2 is 2.05 bits per heavy atom. The number of rotatable bonds is 3. The van der Waals surface area contributed by atoms with E-state index in [0.717, 1.165) is 50.8 Å². The largest absolute Gasteiger partial charge is 0.469 e. The van der Waals surface area contributed by atoms with Crippen molar-refractivity contribution in [1.82, 2.24) is 10.1 Å². The van der Waals surface area contributed by atoms with E-state index < -0.39 is 5.41 Å². The van der Waals surface area contributed by atoms with Gasteiger partial charge in [0.15, 0.2) is 5.82 Å². The van der Waals surface area contributed by atoms with Crippen molar-refractivity contribution < 1.29 is 14.1 Å². The molecule has 1 heterocycles. The van der Waals surface area contributed by atoms with Gasteiger partial charge in [-0.1, -0.05) is 5.16 Å². The molecule has 0 aliphatic heterocycles. The van der Waals surface area contributed by atoms with Gasteiger partial charge in [-0.05, 0) is 50.9 Å². The molecule has 1 unspecified atom stereocenters. The molecule has 0 amide bonds. The van der Waals surface area contributed by atoms with Crippen molar-refractivity contribution in [2.75, 3.05) is 7.11 Å². The highest BCUT2D eigenvalue weighted by Crippen LogP contribution is 2.58. The first kappa shape index (κ1) is 12.4. The Balaban J connectivity index is 1.68. The summed E-state index contributed by atoms with van der Waals surface area (Å²) < 4.78 is 10.6. The van der Waals surface area contributed by atoms with Gasteiger partial charge in [-0.25, -0.2) is 0 Å². The van der Waals surface area contributed by atoms with Crippen LogP contribution in [0.1, 0.15) is 68.5 Å². The lowest BCUT2D eigenvalue weighted by molar-refractivity contribution is -0.162. The molecule has 4 saturated carbocycles. The predicted molar refractivity (Wildman–Crippen MR) is 70.0 cm³/mol. The zero-order valence-electron chi connectivity index (χ0n) is 11.8. The second-order valence-electron chi connectivity index (χ2n) is 6.64. The lowest BCUT2D eigenvalue weighted by Crippen LogP contribution is -2.47. The van der Waals surface area contributed by atoms with E-state index in [0.29, 0.717) is 17.7 Å². The van der Waals surface area contributed by atoms with Gasteiger partial charge in [-0.15, -0.1) is 0 Å². The Kier molecular flexibility index (Phi) is 2.66. The number of methoxy groups -OCH3 is 1. The van der Waals surface area contributed by atoms with Crippen LogP contribution in [0.4, 0.5) is 0 Å². The van der Waals surface area contributed by atoms with E-state index in [1.807, 2.05) is 0 Å². The molecular weight excluding hydrogens is 256 g/mol. The third kappa shape index (κ3) is 1.71. The molecule has 0 N–H and O–H groups in total. The van der Waals surface area contributed by atoms with Crippen molar-refractivity contribution in [3.05, 3.63) is 11.7 Å². The van der Waals surface area contributed by atoms with Crippen molar-refractivity contribution in [1.29, 1.82) is 0 Å². The molecule has 2 bridgehead atoms. The normalized spacial score (nSPS) is 36.0. The van der Waals surface area contributed by atoms with E-state index in [-0.39, 0.29) is 11.9 Å². The van der Waals surface area contributed by atoms with Crippen LogP contribution in [0.5, 0.6) is 0 Å². The van der Waals surface area contributed by atoms with Crippen LogP contribution in [-0.4, -0.2) is 23.2 Å². The Morgan fingerprint density at radius 3 is 2.70 bits per heavy atom. The number of aromatic nitrogens is 2. The molecule has 0 aromatic carbocycles. The molecule has 5 rings (SSSR count). The molecular formula is C15H20N2O3. The molecule has 1 aromatic heterocycles. The SMILES string of the molecule is COC(=O)C12CCC(CC1)CC2c1nc(C2CC2)no1. The number of carbonyl (C=O) groups is 1. The summed E-state index contributed by atoms with van der Waals surface area (Å²) in [5.74, 6) is 2.66. The van der Waals surface area contributed by atoms with Crippen LogP contribution < -0.4 is 0 Å². The fourth-order valence-electron chi connectivity index (χ4n) is 4.12. The third-order valence-corrected chi connectivity index (χ3v) is 5.52. The van der Waals surface area contributed by atoms with Crippen LogP contribution in [0, 0.1) is 11.3 Å². The molecule has 1 atom stereocenters. The summed E-state index contributed by atoms with van der Waals surface area (Å²) in [5, 5.41) is 4.12. The first-order valence-electron chi connectivity index (χ1n) is 7.65. The highest BCUT2D eigenvalue weighted by atomic mass is 16.5. The number of ether oxygens (including phenoxy) is 1. The van der Waals surface area contributed by atoms with E-state index in [4.69, 9.17) is 9.26 Å². The van der Waals surface area contributed by atoms with Crippen LogP contribution in [-0.2, 0) is 9.53 Å². The number of nitrogens with zero attached hydrogens (tertiary/aromatic N) is 2. The van der Waals surface area contributed by atoms with Gasteiger partial charge in [0, 0.05) is 5.92 Å². The highest BCUT2D eigenvalue weighted by molar-refractivity contribution is 5.78. The van der Waals surface area contributed by atoms with Gasteiger partial charge in [0.1, 0.15) is 0 Å². The molecule has 0 spiro atoms. The average molecular weight is 276 g/mol. The fourth-order valence-corrected chi connectivity index (χ4v) is 4.12. The maximum absolute atomic E-state index is 12.4. The topological polar surface area (TPSA) is 65.2 Å². The Hall–Kier alpha value is -1.39. The predicted octanol–water partition coefficient (Wildman–Crippen LogP) is 2.78. The minimum Gasteiger partial charge on any atom is -0.469 e. The third-order valence-electron chi connectivity index (χ3n) is 5.52. The molecule has 0 radical (unpaired) electrons. The van der Waals surface area contributed by atoms with Crippen molar-refractivity contribution in [3.63, 3.8) is 0 Å². The molecule has 0 saturated heterocycles. The van der Waals surface area contributed by atoms with Gasteiger partial charge in [0.05, 0.1) is 18.4 Å². The molecule has 4 fully saturated rings. The van der Waals surface area contributed by atoms with E-state index >= 15 is 0 Å². The lowest BCUT2D eigenvalue weighted by atomic mass is 9.55. The lowest BCUT2D eigenvalue weighted by Gasteiger charge is -2.48. The smallest absolute Gasteiger partial charge is 0.312 e. The average Bonchev–Trinajstić information content (AvgIpc) is 3.25. The van der Waals surface area contributed by atoms with Crippen LogP contribution in [0.3, 0.4) is 0 Å². The van der Waals surface area contributed by atoms with Crippen LogP contribution in [0.25, 0.3) is 0 Å². The number of carbonyl (C=O) groups excluding carboxylic acids is 1. The van der Waals surface area contributed by atoms with Gasteiger partial charge in [-0.3, -0.25) is 4.79 Å². The van der Waals surface area contributed by atoms with Gasteiger partial charge < -0.3 is 9.26 Å². The summed E-state index contributed by atoms with van der Waals surface area (Å²) in [6.45, 7) is 0. The Labute approximate surface area is 118 Å². The summed E-state index contributed by atoms with van der Waals surface area (Å²) in [4.78, 5) is 17.0. The highest BCUT2D eigenvalue weighted by Gasteiger charge is 2.56. The second-order valence-corrected chi connectivity index (χ2v) is 6.64. The Bertz CT molecular complexity index is 527. The monoisotopic (exact) mass is 276 g/mol. The molecule has 5 nitrogen and oxygen atoms in total. The van der Waals surface area contributed by atoms with E-state index in [1.54, 1.807) is 0 Å². The Morgan fingerprint density at radius 1 is 1.30 bits per heavy atom. The summed E-state index contributed by atoms with van der Waals surface area (Å²) in [6, 6.07) is 0. The number of fused-ring (bicyclic) bond motifs is 3. The standard InChI is InChI=1S/C15H20N2O3/c1-19-14(18)15-6-4-9(5-7-15)8-11(15)13-16-12(17-20-13)10-2-3-10/h9-11H,2-8H2,1H3. The van der Waals surface area contributed by atoms with Gasteiger partial charge in [-0.2, -0.15) is 4.98 Å². The van der Waals surface area contributed by atoms with Crippen molar-refractivity contribution in [2.24, 2.45) is 11.3 Å². The van der Waals surface area contributed by atoms with Crippen LogP contribution in [0.2, 0.25) is 0 Å². The van der Waals surface area contributed by atoms with E-state index in [1.165, 1.54) is 7.11 Å². The minimum absolute atomic E-state index is 0.0578. The molecule has 1 aromatic rings. The van der Waals surface area contributed by atoms with Crippen molar-refractivity contribution in [3.8, 4) is 0 Å². The van der Waals surface area contributed by atoms with Crippen LogP contribution in [0.15, 0.2) is 4.52 Å². The number of hydrogen-bond donors (Lipinski definition) is 0. The number of hydrogen-bond acceptors (Lipinski definition) is 5. The molecule has 4 aliphatic carbocycles. The zero-order chi connectivity index (χ0) is 13.7. The molecule has 5 heteroatoms. The quantitative estimate of drug-likeness (QED) is 0.794. The number of esters is 1. The van der Waals surface area contributed by atoms with Crippen molar-refractivity contribution in [2.45, 2.75) is 56.8 Å². The fraction of sp³-hybridized carbons (Fsp3) is 0.800. The van der Waals surface area contributed by atoms with E-state index in [9.17, 15) is 4.79 Å². The molecule has 4 aliphatic rings. The van der Waals surface area contributed by atoms with Crippen molar-refractivity contribution >= 4 is 5.97 Å². The van der Waals surface area contributed by atoms with E-state index in [2.05, 4.69) is 10.1 Å². The van der Waals surface area contributed by atoms with Gasteiger partial charge in [0.2, 0.25) is 5.89 Å². The summed E-state index contributed by atoms with van der Waals surface area (Å²) in [7, 11) is 1.48. The second kappa shape index (κ2) is 4.30. The van der Waals surface area contributed by atoms with Gasteiger partial charge >= 0.3 is 5.97 Å². The molecule has 20 heavy (non-hydrogen) atoms. The minimum atomic E-state index is -0.420. The zero-order valence-corrected chi connectivity index (χ0v) is 11.8. The summed E-state index contributed by atoms with van der Waals surface area (Å²) in [6.07, 6.45) is 7.35. The first-order chi connectivity index (χ1) is 9.73. The maximum atomic E-state index is 12.4. The maximum Gasteiger partial charge on any atom is 0.312 e.